The number of ketones is 1. The van der Waals surface area contributed by atoms with E-state index in [2.05, 4.69) is 29.2 Å². The number of Topliss-reactive ketones (excluding diaryl/α,β-unsaturated/α-hetero) is 1. The van der Waals surface area contributed by atoms with Crippen molar-refractivity contribution in [2.24, 2.45) is 5.92 Å². The number of piperidine rings is 1. The minimum Gasteiger partial charge on any atom is -0.302 e. The fourth-order valence-electron chi connectivity index (χ4n) is 2.23. The minimum atomic E-state index is 0.226. The van der Waals surface area contributed by atoms with E-state index in [1.54, 1.807) is 0 Å². The highest BCUT2D eigenvalue weighted by atomic mass is 16.1. The van der Waals surface area contributed by atoms with Gasteiger partial charge in [0, 0.05) is 32.0 Å². The second-order valence-corrected chi connectivity index (χ2v) is 4.65. The SMILES string of the molecule is C[C@@H]1CN(CCc2ccccc2)CCC1=O. The van der Waals surface area contributed by atoms with Crippen LogP contribution in [0.1, 0.15) is 18.9 Å². The lowest BCUT2D eigenvalue weighted by Crippen LogP contribution is -2.40. The lowest BCUT2D eigenvalue weighted by Gasteiger charge is -2.29. The molecule has 0 aromatic heterocycles. The summed E-state index contributed by atoms with van der Waals surface area (Å²) in [6.45, 7) is 4.99. The number of carbonyl (C=O) groups is 1. The van der Waals surface area contributed by atoms with Gasteiger partial charge in [-0.3, -0.25) is 4.79 Å². The predicted octanol–water partition coefficient (Wildman–Crippen LogP) is 2.14. The molecule has 0 bridgehead atoms. The highest BCUT2D eigenvalue weighted by Crippen LogP contribution is 2.12. The summed E-state index contributed by atoms with van der Waals surface area (Å²) < 4.78 is 0. The molecule has 0 aliphatic carbocycles. The molecule has 0 saturated carbocycles. The van der Waals surface area contributed by atoms with Crippen molar-refractivity contribution in [1.29, 1.82) is 0 Å². The van der Waals surface area contributed by atoms with Crippen molar-refractivity contribution >= 4 is 5.78 Å². The van der Waals surface area contributed by atoms with Gasteiger partial charge in [-0.2, -0.15) is 0 Å². The van der Waals surface area contributed by atoms with Crippen molar-refractivity contribution in [2.75, 3.05) is 19.6 Å². The smallest absolute Gasteiger partial charge is 0.138 e. The molecule has 1 saturated heterocycles. The highest BCUT2D eigenvalue weighted by molar-refractivity contribution is 5.81. The lowest BCUT2D eigenvalue weighted by molar-refractivity contribution is -0.125. The molecule has 16 heavy (non-hydrogen) atoms. The van der Waals surface area contributed by atoms with Crippen LogP contribution in [0, 0.1) is 5.92 Å². The first-order valence-corrected chi connectivity index (χ1v) is 6.04. The molecule has 0 spiro atoms. The summed E-state index contributed by atoms with van der Waals surface area (Å²) in [5, 5.41) is 0. The zero-order valence-corrected chi connectivity index (χ0v) is 9.86. The van der Waals surface area contributed by atoms with Gasteiger partial charge in [0.25, 0.3) is 0 Å². The van der Waals surface area contributed by atoms with Crippen LogP contribution >= 0.6 is 0 Å². The molecule has 2 nitrogen and oxygen atoms in total. The summed E-state index contributed by atoms with van der Waals surface area (Å²) in [5.74, 6) is 0.653. The van der Waals surface area contributed by atoms with Crippen LogP contribution in [0.15, 0.2) is 30.3 Å². The summed E-state index contributed by atoms with van der Waals surface area (Å²) in [6, 6.07) is 10.5. The van der Waals surface area contributed by atoms with E-state index in [9.17, 15) is 4.79 Å². The zero-order chi connectivity index (χ0) is 11.4. The van der Waals surface area contributed by atoms with Crippen molar-refractivity contribution < 1.29 is 4.79 Å². The van der Waals surface area contributed by atoms with E-state index in [-0.39, 0.29) is 5.92 Å². The second kappa shape index (κ2) is 5.26. The van der Waals surface area contributed by atoms with Crippen LogP contribution in [0.5, 0.6) is 0 Å². The standard InChI is InChI=1S/C14H19NO/c1-12-11-15(10-8-14(12)16)9-7-13-5-3-2-4-6-13/h2-6,12H,7-11H2,1H3/t12-/m1/s1. The molecule has 1 atom stereocenters. The topological polar surface area (TPSA) is 20.3 Å². The van der Waals surface area contributed by atoms with E-state index in [1.807, 2.05) is 13.0 Å². The second-order valence-electron chi connectivity index (χ2n) is 4.65. The largest absolute Gasteiger partial charge is 0.302 e. The first-order valence-electron chi connectivity index (χ1n) is 6.04. The van der Waals surface area contributed by atoms with E-state index in [0.717, 1.165) is 32.5 Å². The number of benzene rings is 1. The van der Waals surface area contributed by atoms with Gasteiger partial charge in [-0.1, -0.05) is 37.3 Å². The molecule has 2 heteroatoms. The average molecular weight is 217 g/mol. The average Bonchev–Trinajstić information content (AvgIpc) is 2.32. The van der Waals surface area contributed by atoms with Gasteiger partial charge in [-0.15, -0.1) is 0 Å². The maximum absolute atomic E-state index is 11.4. The van der Waals surface area contributed by atoms with Crippen LogP contribution in [-0.4, -0.2) is 30.3 Å². The van der Waals surface area contributed by atoms with Gasteiger partial charge in [0.05, 0.1) is 0 Å². The third kappa shape index (κ3) is 2.92. The van der Waals surface area contributed by atoms with Crippen LogP contribution in [0.2, 0.25) is 0 Å². The predicted molar refractivity (Wildman–Crippen MR) is 65.4 cm³/mol. The van der Waals surface area contributed by atoms with E-state index >= 15 is 0 Å². The molecular weight excluding hydrogens is 198 g/mol. The summed E-state index contributed by atoms with van der Waals surface area (Å²) in [5.41, 5.74) is 1.38. The van der Waals surface area contributed by atoms with Gasteiger partial charge in [0.15, 0.2) is 0 Å². The van der Waals surface area contributed by atoms with Gasteiger partial charge in [0.1, 0.15) is 5.78 Å². The molecule has 2 rings (SSSR count). The van der Waals surface area contributed by atoms with E-state index in [4.69, 9.17) is 0 Å². The molecule has 1 fully saturated rings. The van der Waals surface area contributed by atoms with Crippen molar-refractivity contribution in [3.63, 3.8) is 0 Å². The number of hydrogen-bond acceptors (Lipinski definition) is 2. The lowest BCUT2D eigenvalue weighted by atomic mass is 9.98. The Hall–Kier alpha value is -1.15. The van der Waals surface area contributed by atoms with Crippen LogP contribution in [0.25, 0.3) is 0 Å². The molecule has 0 radical (unpaired) electrons. The third-order valence-electron chi connectivity index (χ3n) is 3.32. The molecule has 86 valence electrons. The van der Waals surface area contributed by atoms with Crippen LogP contribution in [0.4, 0.5) is 0 Å². The van der Waals surface area contributed by atoms with Crippen molar-refractivity contribution in [3.8, 4) is 0 Å². The molecule has 0 amide bonds. The van der Waals surface area contributed by atoms with Crippen molar-refractivity contribution in [1.82, 2.24) is 4.90 Å². The molecular formula is C14H19NO. The Morgan fingerprint density at radius 3 is 2.75 bits per heavy atom. The van der Waals surface area contributed by atoms with Gasteiger partial charge in [0.2, 0.25) is 0 Å². The Morgan fingerprint density at radius 1 is 1.31 bits per heavy atom. The Bertz CT molecular complexity index is 347. The number of nitrogens with zero attached hydrogens (tertiary/aromatic N) is 1. The van der Waals surface area contributed by atoms with Crippen LogP contribution < -0.4 is 0 Å². The van der Waals surface area contributed by atoms with Gasteiger partial charge >= 0.3 is 0 Å². The van der Waals surface area contributed by atoms with Gasteiger partial charge in [-0.05, 0) is 12.0 Å². The normalized spacial score (nSPS) is 22.3. The highest BCUT2D eigenvalue weighted by Gasteiger charge is 2.22. The van der Waals surface area contributed by atoms with E-state index < -0.39 is 0 Å². The molecule has 0 N–H and O–H groups in total. The summed E-state index contributed by atoms with van der Waals surface area (Å²) in [4.78, 5) is 13.8. The molecule has 1 aliphatic rings. The molecule has 1 aromatic rings. The molecule has 1 aromatic carbocycles. The van der Waals surface area contributed by atoms with E-state index in [0.29, 0.717) is 5.78 Å². The van der Waals surface area contributed by atoms with E-state index in [1.165, 1.54) is 5.56 Å². The Labute approximate surface area is 97.3 Å². The maximum Gasteiger partial charge on any atom is 0.138 e. The summed E-state index contributed by atoms with van der Waals surface area (Å²) in [6.07, 6.45) is 1.82. The first-order chi connectivity index (χ1) is 7.75. The Balaban J connectivity index is 1.81. The molecule has 0 unspecified atom stereocenters. The number of likely N-dealkylation sites (tertiary alicyclic amines) is 1. The third-order valence-corrected chi connectivity index (χ3v) is 3.32. The Kier molecular flexibility index (Phi) is 3.73. The van der Waals surface area contributed by atoms with Gasteiger partial charge in [-0.25, -0.2) is 0 Å². The first kappa shape index (κ1) is 11.3. The fraction of sp³-hybridized carbons (Fsp3) is 0.500. The van der Waals surface area contributed by atoms with Crippen molar-refractivity contribution in [3.05, 3.63) is 35.9 Å². The number of rotatable bonds is 3. The number of carbonyl (C=O) groups excluding carboxylic acids is 1. The summed E-state index contributed by atoms with van der Waals surface area (Å²) in [7, 11) is 0. The fourth-order valence-corrected chi connectivity index (χ4v) is 2.23. The summed E-state index contributed by atoms with van der Waals surface area (Å²) >= 11 is 0. The quantitative estimate of drug-likeness (QED) is 0.773. The number of hydrogen-bond donors (Lipinski definition) is 0. The van der Waals surface area contributed by atoms with Crippen molar-refractivity contribution in [2.45, 2.75) is 19.8 Å². The Morgan fingerprint density at radius 2 is 2.06 bits per heavy atom. The zero-order valence-electron chi connectivity index (χ0n) is 9.86. The van der Waals surface area contributed by atoms with Crippen LogP contribution in [0.3, 0.4) is 0 Å². The minimum absolute atomic E-state index is 0.226. The van der Waals surface area contributed by atoms with Gasteiger partial charge < -0.3 is 4.90 Å². The molecule has 1 heterocycles. The van der Waals surface area contributed by atoms with Crippen LogP contribution in [-0.2, 0) is 11.2 Å². The maximum atomic E-state index is 11.4. The molecule has 1 aliphatic heterocycles. The monoisotopic (exact) mass is 217 g/mol.